The molecular weight excluding hydrogens is 214 g/mol. The van der Waals surface area contributed by atoms with Crippen molar-refractivity contribution < 1.29 is 9.53 Å². The van der Waals surface area contributed by atoms with E-state index in [1.807, 2.05) is 0 Å². The zero-order valence-corrected chi connectivity index (χ0v) is 9.12. The highest BCUT2D eigenvalue weighted by atomic mass is 35.5. The average molecular weight is 226 g/mol. The molecule has 15 heavy (non-hydrogen) atoms. The van der Waals surface area contributed by atoms with Gasteiger partial charge in [-0.1, -0.05) is 11.6 Å². The minimum absolute atomic E-state index is 0.355. The molecular formula is C11H12ClNO2. The van der Waals surface area contributed by atoms with Crippen LogP contribution in [-0.2, 0) is 9.53 Å². The van der Waals surface area contributed by atoms with Crippen molar-refractivity contribution in [3.05, 3.63) is 34.9 Å². The lowest BCUT2D eigenvalue weighted by Gasteiger charge is -2.00. The van der Waals surface area contributed by atoms with E-state index in [-0.39, 0.29) is 0 Å². The monoisotopic (exact) mass is 225 g/mol. The maximum Gasteiger partial charge on any atom is 0.330 e. The largest absolute Gasteiger partial charge is 0.463 e. The van der Waals surface area contributed by atoms with Gasteiger partial charge in [-0.15, -0.1) is 0 Å². The predicted molar refractivity (Wildman–Crippen MR) is 61.5 cm³/mol. The molecule has 0 unspecified atom stereocenters. The summed E-state index contributed by atoms with van der Waals surface area (Å²) in [5.74, 6) is -0.392. The van der Waals surface area contributed by atoms with Crippen molar-refractivity contribution in [3.8, 4) is 0 Å². The number of nitrogen functional groups attached to an aromatic ring is 1. The number of rotatable bonds is 3. The van der Waals surface area contributed by atoms with Gasteiger partial charge in [0.25, 0.3) is 0 Å². The maximum absolute atomic E-state index is 11.0. The van der Waals surface area contributed by atoms with Gasteiger partial charge in [0.2, 0.25) is 0 Å². The van der Waals surface area contributed by atoms with Gasteiger partial charge in [0.15, 0.2) is 0 Å². The van der Waals surface area contributed by atoms with Crippen LogP contribution in [0.2, 0.25) is 5.02 Å². The summed E-state index contributed by atoms with van der Waals surface area (Å²) in [4.78, 5) is 11.0. The number of carbonyl (C=O) groups is 1. The molecule has 0 aromatic heterocycles. The second-order valence-electron chi connectivity index (χ2n) is 2.86. The second-order valence-corrected chi connectivity index (χ2v) is 3.30. The highest BCUT2D eigenvalue weighted by molar-refractivity contribution is 6.30. The Labute approximate surface area is 93.5 Å². The normalized spacial score (nSPS) is 10.5. The summed E-state index contributed by atoms with van der Waals surface area (Å²) >= 11 is 5.79. The van der Waals surface area contributed by atoms with Crippen LogP contribution in [0.5, 0.6) is 0 Å². The summed E-state index contributed by atoms with van der Waals surface area (Å²) in [5.41, 5.74) is 6.96. The molecule has 80 valence electrons. The Bertz CT molecular complexity index is 388. The molecule has 3 nitrogen and oxygen atoms in total. The smallest absolute Gasteiger partial charge is 0.330 e. The summed E-state index contributed by atoms with van der Waals surface area (Å²) in [7, 11) is 0. The van der Waals surface area contributed by atoms with Gasteiger partial charge in [-0.3, -0.25) is 0 Å². The van der Waals surface area contributed by atoms with Gasteiger partial charge in [0.05, 0.1) is 6.61 Å². The molecule has 4 heteroatoms. The fraction of sp³-hybridized carbons (Fsp3) is 0.182. The van der Waals surface area contributed by atoms with Crippen LogP contribution in [0.15, 0.2) is 24.3 Å². The second kappa shape index (κ2) is 5.41. The first-order valence-corrected chi connectivity index (χ1v) is 4.91. The van der Waals surface area contributed by atoms with E-state index in [2.05, 4.69) is 0 Å². The van der Waals surface area contributed by atoms with Gasteiger partial charge >= 0.3 is 5.97 Å². The highest BCUT2D eigenvalue weighted by Crippen LogP contribution is 2.19. The first kappa shape index (κ1) is 11.6. The van der Waals surface area contributed by atoms with Crippen LogP contribution in [0, 0.1) is 0 Å². The molecule has 0 radical (unpaired) electrons. The Morgan fingerprint density at radius 1 is 1.60 bits per heavy atom. The Hall–Kier alpha value is -1.48. The van der Waals surface area contributed by atoms with Crippen LogP contribution >= 0.6 is 11.6 Å². The van der Waals surface area contributed by atoms with E-state index in [4.69, 9.17) is 22.1 Å². The quantitative estimate of drug-likeness (QED) is 0.489. The molecule has 0 saturated carbocycles. The zero-order valence-electron chi connectivity index (χ0n) is 8.37. The van der Waals surface area contributed by atoms with Crippen LogP contribution in [0.1, 0.15) is 12.5 Å². The fourth-order valence-electron chi connectivity index (χ4n) is 1.04. The predicted octanol–water partition coefficient (Wildman–Crippen LogP) is 2.50. The van der Waals surface area contributed by atoms with E-state index in [9.17, 15) is 4.79 Å². The summed E-state index contributed by atoms with van der Waals surface area (Å²) in [6, 6.07) is 5.07. The number of hydrogen-bond acceptors (Lipinski definition) is 3. The van der Waals surface area contributed by atoms with Crippen LogP contribution in [-0.4, -0.2) is 12.6 Å². The van der Waals surface area contributed by atoms with Crippen LogP contribution in [0.4, 0.5) is 5.69 Å². The lowest BCUT2D eigenvalue weighted by molar-refractivity contribution is -0.137. The van der Waals surface area contributed by atoms with Crippen molar-refractivity contribution in [2.75, 3.05) is 12.3 Å². The van der Waals surface area contributed by atoms with Crippen molar-refractivity contribution >= 4 is 29.3 Å². The molecule has 0 amide bonds. The Balaban J connectivity index is 2.79. The van der Waals surface area contributed by atoms with Gasteiger partial charge in [-0.25, -0.2) is 4.79 Å². The summed E-state index contributed by atoms with van der Waals surface area (Å²) in [5, 5.41) is 0.577. The number of carbonyl (C=O) groups excluding carboxylic acids is 1. The van der Waals surface area contributed by atoms with Crippen molar-refractivity contribution in [3.63, 3.8) is 0 Å². The van der Waals surface area contributed by atoms with Crippen molar-refractivity contribution in [1.29, 1.82) is 0 Å². The number of ether oxygens (including phenoxy) is 1. The molecule has 0 aliphatic carbocycles. The van der Waals surface area contributed by atoms with Gasteiger partial charge in [-0.05, 0) is 36.8 Å². The number of anilines is 1. The topological polar surface area (TPSA) is 52.3 Å². The van der Waals surface area contributed by atoms with Gasteiger partial charge in [0, 0.05) is 16.8 Å². The third-order valence-electron chi connectivity index (χ3n) is 1.73. The first-order valence-electron chi connectivity index (χ1n) is 4.53. The SMILES string of the molecule is CCOC(=O)C=Cc1cc(Cl)ccc1N. The van der Waals surface area contributed by atoms with E-state index in [0.29, 0.717) is 22.9 Å². The molecule has 1 aromatic carbocycles. The first-order chi connectivity index (χ1) is 7.13. The van der Waals surface area contributed by atoms with Gasteiger partial charge in [-0.2, -0.15) is 0 Å². The molecule has 0 heterocycles. The third kappa shape index (κ3) is 3.64. The molecule has 0 fully saturated rings. The van der Waals surface area contributed by atoms with E-state index in [0.717, 1.165) is 0 Å². The molecule has 0 aliphatic rings. The van der Waals surface area contributed by atoms with Crippen LogP contribution in [0.3, 0.4) is 0 Å². The fourth-order valence-corrected chi connectivity index (χ4v) is 1.22. The summed E-state index contributed by atoms with van der Waals surface area (Å²) in [6.45, 7) is 2.10. The Kier molecular flexibility index (Phi) is 4.18. The number of benzene rings is 1. The van der Waals surface area contributed by atoms with E-state index in [1.165, 1.54) is 6.08 Å². The molecule has 0 aliphatic heterocycles. The number of halogens is 1. The number of hydrogen-bond donors (Lipinski definition) is 1. The lowest BCUT2D eigenvalue weighted by Crippen LogP contribution is -1.99. The standard InChI is InChI=1S/C11H12ClNO2/c1-2-15-11(14)6-3-8-7-9(12)4-5-10(8)13/h3-7H,2,13H2,1H3. The molecule has 0 atom stereocenters. The molecule has 1 rings (SSSR count). The zero-order chi connectivity index (χ0) is 11.3. The molecule has 0 spiro atoms. The molecule has 0 saturated heterocycles. The third-order valence-corrected chi connectivity index (χ3v) is 1.97. The van der Waals surface area contributed by atoms with Crippen LogP contribution < -0.4 is 5.73 Å². The molecule has 1 aromatic rings. The Morgan fingerprint density at radius 2 is 2.33 bits per heavy atom. The van der Waals surface area contributed by atoms with E-state index in [1.54, 1.807) is 31.2 Å². The Morgan fingerprint density at radius 3 is 3.00 bits per heavy atom. The highest BCUT2D eigenvalue weighted by Gasteiger charge is 1.98. The minimum Gasteiger partial charge on any atom is -0.463 e. The molecule has 0 bridgehead atoms. The van der Waals surface area contributed by atoms with E-state index < -0.39 is 5.97 Å². The van der Waals surface area contributed by atoms with Gasteiger partial charge < -0.3 is 10.5 Å². The van der Waals surface area contributed by atoms with Crippen molar-refractivity contribution in [2.45, 2.75) is 6.92 Å². The van der Waals surface area contributed by atoms with Gasteiger partial charge in [0.1, 0.15) is 0 Å². The van der Waals surface area contributed by atoms with Crippen molar-refractivity contribution in [1.82, 2.24) is 0 Å². The minimum atomic E-state index is -0.392. The lowest BCUT2D eigenvalue weighted by atomic mass is 10.1. The summed E-state index contributed by atoms with van der Waals surface area (Å²) < 4.78 is 4.73. The van der Waals surface area contributed by atoms with Crippen LogP contribution in [0.25, 0.3) is 6.08 Å². The maximum atomic E-state index is 11.0. The average Bonchev–Trinajstić information content (AvgIpc) is 2.20. The van der Waals surface area contributed by atoms with Crippen molar-refractivity contribution in [2.24, 2.45) is 0 Å². The summed E-state index contributed by atoms with van der Waals surface area (Å²) in [6.07, 6.45) is 2.91. The molecule has 2 N–H and O–H groups in total. The number of esters is 1. The van der Waals surface area contributed by atoms with E-state index >= 15 is 0 Å². The number of nitrogens with two attached hydrogens (primary N) is 1.